The second-order valence-electron chi connectivity index (χ2n) is 12.1. The summed E-state index contributed by atoms with van der Waals surface area (Å²) in [5, 5.41) is 0. The first kappa shape index (κ1) is 25.7. The van der Waals surface area contributed by atoms with Gasteiger partial charge in [0.2, 0.25) is 0 Å². The van der Waals surface area contributed by atoms with Crippen LogP contribution in [0, 0.1) is 0 Å². The van der Waals surface area contributed by atoms with Gasteiger partial charge in [0.1, 0.15) is 0 Å². The van der Waals surface area contributed by atoms with Gasteiger partial charge in [0.15, 0.2) is 0 Å². The van der Waals surface area contributed by atoms with Crippen LogP contribution in [0.4, 0.5) is 0 Å². The molecule has 0 saturated heterocycles. The Morgan fingerprint density at radius 2 is 0.765 bits per heavy atom. The maximum absolute atomic E-state index is 5.46. The summed E-state index contributed by atoms with van der Waals surface area (Å²) in [7, 11) is 0.225. The molecule has 4 saturated carbocycles. The summed E-state index contributed by atoms with van der Waals surface area (Å²) in [6, 6.07) is 7.21. The highest BCUT2D eigenvalue weighted by molar-refractivity contribution is 7.58. The van der Waals surface area contributed by atoms with E-state index < -0.39 is 0 Å². The predicted octanol–water partition coefficient (Wildman–Crippen LogP) is 10.4. The molecule has 0 aromatic carbocycles. The van der Waals surface area contributed by atoms with Crippen LogP contribution in [0.2, 0.25) is 0 Å². The van der Waals surface area contributed by atoms with E-state index in [1.165, 1.54) is 152 Å². The first-order chi connectivity index (χ1) is 16.9. The molecule has 4 aliphatic carbocycles. The number of pyridine rings is 1. The molecule has 0 N–H and O–H groups in total. The average Bonchev–Trinajstić information content (AvgIpc) is 2.92. The summed E-state index contributed by atoms with van der Waals surface area (Å²) in [6.07, 6.45) is 32.8. The van der Waals surface area contributed by atoms with Crippen molar-refractivity contribution in [2.45, 2.75) is 163 Å². The van der Waals surface area contributed by atoms with Gasteiger partial charge in [0, 0.05) is 23.7 Å². The highest BCUT2D eigenvalue weighted by Gasteiger charge is 2.33. The Hall–Kier alpha value is 0.01000. The van der Waals surface area contributed by atoms with E-state index in [4.69, 9.17) is 4.98 Å². The van der Waals surface area contributed by atoms with Crippen molar-refractivity contribution >= 4 is 15.8 Å². The minimum absolute atomic E-state index is 0.113. The molecule has 0 amide bonds. The van der Waals surface area contributed by atoms with Crippen LogP contribution in [0.5, 0.6) is 0 Å². The Morgan fingerprint density at radius 1 is 0.471 bits per heavy atom. The topological polar surface area (TPSA) is 12.9 Å². The Labute approximate surface area is 213 Å². The molecule has 1 nitrogen and oxygen atoms in total. The van der Waals surface area contributed by atoms with Crippen molar-refractivity contribution in [3.8, 4) is 0 Å². The Balaban J connectivity index is 1.30. The van der Waals surface area contributed by atoms with Crippen LogP contribution < -0.4 is 0 Å². The van der Waals surface area contributed by atoms with E-state index >= 15 is 0 Å². The van der Waals surface area contributed by atoms with Crippen molar-refractivity contribution < 1.29 is 0 Å². The van der Waals surface area contributed by atoms with E-state index in [9.17, 15) is 0 Å². The van der Waals surface area contributed by atoms with Crippen LogP contribution in [-0.4, -0.2) is 27.6 Å². The quantitative estimate of drug-likeness (QED) is 0.324. The summed E-state index contributed by atoms with van der Waals surface area (Å²) in [6.45, 7) is 0. The zero-order chi connectivity index (χ0) is 23.0. The molecule has 0 radical (unpaired) electrons. The molecule has 1 aromatic heterocycles. The van der Waals surface area contributed by atoms with Crippen molar-refractivity contribution in [3.63, 3.8) is 0 Å². The van der Waals surface area contributed by atoms with Gasteiger partial charge in [-0.15, -0.1) is 0 Å². The lowest BCUT2D eigenvalue weighted by Gasteiger charge is -2.39. The second kappa shape index (κ2) is 13.5. The fourth-order valence-corrected chi connectivity index (χ4v) is 15.3. The molecule has 4 fully saturated rings. The van der Waals surface area contributed by atoms with E-state index in [-0.39, 0.29) is 15.8 Å². The molecule has 0 bridgehead atoms. The van der Waals surface area contributed by atoms with Gasteiger partial charge in [-0.25, -0.2) is 0 Å². The number of aromatic nitrogens is 1. The van der Waals surface area contributed by atoms with E-state index in [2.05, 4.69) is 18.2 Å². The van der Waals surface area contributed by atoms with Crippen molar-refractivity contribution in [3.05, 3.63) is 29.6 Å². The fourth-order valence-electron chi connectivity index (χ4n) is 7.84. The largest absolute Gasteiger partial charge is 0.257 e. The third kappa shape index (κ3) is 7.06. The molecule has 34 heavy (non-hydrogen) atoms. The number of hydrogen-bond donors (Lipinski definition) is 0. The third-order valence-corrected chi connectivity index (χ3v) is 16.9. The standard InChI is InChI=1S/C31H51NP2/c1-5-16-28(17-6-1)33(29-18-7-2-8-19-29)24-26-14-13-15-27(32-26)25-34(30-20-9-3-10-21-30)31-22-11-4-12-23-31/h13-15,28-31H,1-12,16-25H2. The Bertz CT molecular complexity index is 619. The second-order valence-corrected chi connectivity index (χ2v) is 17.7. The predicted molar refractivity (Wildman–Crippen MR) is 153 cm³/mol. The lowest BCUT2D eigenvalue weighted by atomic mass is 9.99. The summed E-state index contributed by atoms with van der Waals surface area (Å²) >= 11 is 0. The van der Waals surface area contributed by atoms with Crippen LogP contribution in [0.15, 0.2) is 18.2 Å². The minimum atomic E-state index is 0.113. The Morgan fingerprint density at radius 3 is 1.06 bits per heavy atom. The van der Waals surface area contributed by atoms with Crippen LogP contribution in [0.3, 0.4) is 0 Å². The first-order valence-corrected chi connectivity index (χ1v) is 18.7. The fraction of sp³-hybridized carbons (Fsp3) is 0.839. The first-order valence-electron chi connectivity index (χ1n) is 15.3. The van der Waals surface area contributed by atoms with Crippen molar-refractivity contribution in [1.82, 2.24) is 4.98 Å². The van der Waals surface area contributed by atoms with Gasteiger partial charge in [0.25, 0.3) is 0 Å². The van der Waals surface area contributed by atoms with Crippen molar-refractivity contribution in [2.75, 3.05) is 0 Å². The zero-order valence-corrected chi connectivity index (χ0v) is 23.7. The van der Waals surface area contributed by atoms with Gasteiger partial charge in [-0.05, 0) is 86.1 Å². The molecule has 1 aromatic rings. The van der Waals surface area contributed by atoms with Crippen molar-refractivity contribution in [1.29, 1.82) is 0 Å². The number of hydrogen-bond acceptors (Lipinski definition) is 1. The minimum Gasteiger partial charge on any atom is -0.257 e. The zero-order valence-electron chi connectivity index (χ0n) is 21.9. The molecule has 0 spiro atoms. The molecule has 3 heteroatoms. The lowest BCUT2D eigenvalue weighted by molar-refractivity contribution is 0.483. The highest BCUT2D eigenvalue weighted by atomic mass is 31.1. The molecular weight excluding hydrogens is 448 g/mol. The van der Waals surface area contributed by atoms with Gasteiger partial charge in [-0.2, -0.15) is 0 Å². The maximum atomic E-state index is 5.46. The highest BCUT2D eigenvalue weighted by Crippen LogP contribution is 2.59. The van der Waals surface area contributed by atoms with Gasteiger partial charge < -0.3 is 0 Å². The summed E-state index contributed by atoms with van der Waals surface area (Å²) in [5.74, 6) is 0. The van der Waals surface area contributed by atoms with Gasteiger partial charge in [0.05, 0.1) is 0 Å². The van der Waals surface area contributed by atoms with E-state index in [0.717, 1.165) is 22.6 Å². The van der Waals surface area contributed by atoms with Gasteiger partial charge >= 0.3 is 0 Å². The molecule has 0 unspecified atom stereocenters. The molecule has 5 rings (SSSR count). The van der Waals surface area contributed by atoms with Crippen molar-refractivity contribution in [2.24, 2.45) is 0 Å². The normalized spacial score (nSPS) is 24.8. The number of rotatable bonds is 8. The van der Waals surface area contributed by atoms with Crippen LogP contribution in [0.1, 0.15) is 140 Å². The summed E-state index contributed by atoms with van der Waals surface area (Å²) in [4.78, 5) is 5.46. The summed E-state index contributed by atoms with van der Waals surface area (Å²) < 4.78 is 0. The van der Waals surface area contributed by atoms with E-state index in [1.807, 2.05) is 0 Å². The van der Waals surface area contributed by atoms with Crippen LogP contribution >= 0.6 is 15.8 Å². The molecule has 1 heterocycles. The lowest BCUT2D eigenvalue weighted by Crippen LogP contribution is -2.22. The molecule has 0 atom stereocenters. The Kier molecular flexibility index (Phi) is 10.2. The molecular formula is C31H51NP2. The van der Waals surface area contributed by atoms with Crippen LogP contribution in [-0.2, 0) is 12.3 Å². The SMILES string of the molecule is c1cc(CP(C2CCCCC2)C2CCCCC2)nc(CP(C2CCCCC2)C2CCCCC2)c1. The van der Waals surface area contributed by atoms with Gasteiger partial charge in [-0.3, -0.25) is 4.98 Å². The molecule has 4 aliphatic rings. The smallest absolute Gasteiger partial charge is 0.0450 e. The molecule has 0 aliphatic heterocycles. The van der Waals surface area contributed by atoms with Crippen LogP contribution in [0.25, 0.3) is 0 Å². The monoisotopic (exact) mass is 499 g/mol. The van der Waals surface area contributed by atoms with E-state index in [0.29, 0.717) is 0 Å². The third-order valence-electron chi connectivity index (χ3n) is 9.73. The average molecular weight is 500 g/mol. The molecule has 190 valence electrons. The summed E-state index contributed by atoms with van der Waals surface area (Å²) in [5.41, 5.74) is 7.11. The van der Waals surface area contributed by atoms with E-state index in [1.54, 1.807) is 0 Å². The number of nitrogens with zero attached hydrogens (tertiary/aromatic N) is 1. The van der Waals surface area contributed by atoms with Gasteiger partial charge in [-0.1, -0.05) is 99.0 Å². The maximum Gasteiger partial charge on any atom is 0.0450 e.